The Hall–Kier alpha value is -2.87. The van der Waals surface area contributed by atoms with Crippen LogP contribution >= 0.6 is 11.3 Å². The molecule has 170 valence electrons. The molecule has 0 radical (unpaired) electrons. The van der Waals surface area contributed by atoms with E-state index in [1.54, 1.807) is 36.0 Å². The molecule has 3 aromatic heterocycles. The molecule has 0 aliphatic carbocycles. The molecule has 0 aromatic carbocycles. The molecular weight excluding hydrogens is 454 g/mol. The standard InChI is InChI=1S/C19H23N7O4S2/c1-13-9-21-18(31-13)24-15-6-4-5-14(23-15)19(17(27)20-2)11-26(7-8-30-19)32(28,29)16-10-25(3)12-22-16/h4-6,9-10,12H,7-8,11H2,1-3H3,(H,20,27)(H,21,23,24). The number of carbonyl (C=O) groups is 1. The number of amides is 1. The Morgan fingerprint density at radius 3 is 2.78 bits per heavy atom. The first-order chi connectivity index (χ1) is 15.2. The van der Waals surface area contributed by atoms with Crippen molar-refractivity contribution in [3.8, 4) is 0 Å². The number of sulfonamides is 1. The number of carbonyl (C=O) groups excluding carboxylic acids is 1. The minimum absolute atomic E-state index is 0.0183. The average Bonchev–Trinajstić information content (AvgIpc) is 3.41. The Kier molecular flexibility index (Phi) is 5.99. The van der Waals surface area contributed by atoms with E-state index in [1.165, 1.54) is 35.2 Å². The summed E-state index contributed by atoms with van der Waals surface area (Å²) in [5.74, 6) is -0.0263. The number of aromatic nitrogens is 4. The number of imidazole rings is 1. The molecule has 4 heterocycles. The third-order valence-corrected chi connectivity index (χ3v) is 7.55. The van der Waals surface area contributed by atoms with Crippen LogP contribution in [0.2, 0.25) is 0 Å². The Morgan fingerprint density at radius 1 is 1.31 bits per heavy atom. The van der Waals surface area contributed by atoms with Crippen LogP contribution in [-0.4, -0.2) is 64.9 Å². The highest BCUT2D eigenvalue weighted by Gasteiger charge is 2.49. The van der Waals surface area contributed by atoms with Gasteiger partial charge in [-0.15, -0.1) is 11.3 Å². The van der Waals surface area contributed by atoms with Gasteiger partial charge in [0.15, 0.2) is 10.2 Å². The second kappa shape index (κ2) is 8.58. The highest BCUT2D eigenvalue weighted by molar-refractivity contribution is 7.89. The number of hydrogen-bond donors (Lipinski definition) is 2. The Bertz CT molecular complexity index is 1240. The van der Waals surface area contributed by atoms with Crippen LogP contribution in [0.4, 0.5) is 10.9 Å². The van der Waals surface area contributed by atoms with Crippen molar-refractivity contribution in [1.82, 2.24) is 29.1 Å². The number of rotatable bonds is 6. The van der Waals surface area contributed by atoms with Crippen LogP contribution in [0.25, 0.3) is 0 Å². The lowest BCUT2D eigenvalue weighted by molar-refractivity contribution is -0.157. The first-order valence-corrected chi connectivity index (χ1v) is 12.0. The summed E-state index contributed by atoms with van der Waals surface area (Å²) in [6.07, 6.45) is 4.58. The molecule has 0 bridgehead atoms. The molecule has 1 unspecified atom stereocenters. The predicted molar refractivity (Wildman–Crippen MR) is 118 cm³/mol. The Labute approximate surface area is 189 Å². The van der Waals surface area contributed by atoms with Crippen LogP contribution in [0, 0.1) is 6.92 Å². The van der Waals surface area contributed by atoms with E-state index < -0.39 is 21.5 Å². The molecular formula is C19H23N7O4S2. The number of ether oxygens (including phenoxy) is 1. The molecule has 0 spiro atoms. The summed E-state index contributed by atoms with van der Waals surface area (Å²) < 4.78 is 35.0. The van der Waals surface area contributed by atoms with Crippen LogP contribution in [0.15, 0.2) is 41.9 Å². The third kappa shape index (κ3) is 4.11. The molecule has 1 aliphatic rings. The summed E-state index contributed by atoms with van der Waals surface area (Å²) in [4.78, 5) is 26.9. The van der Waals surface area contributed by atoms with Gasteiger partial charge in [0.2, 0.25) is 5.60 Å². The lowest BCUT2D eigenvalue weighted by Crippen LogP contribution is -2.58. The zero-order chi connectivity index (χ0) is 22.9. The summed E-state index contributed by atoms with van der Waals surface area (Å²) in [5, 5.41) is 6.27. The van der Waals surface area contributed by atoms with Gasteiger partial charge in [-0.1, -0.05) is 6.07 Å². The number of thiazole rings is 1. The number of aryl methyl sites for hydroxylation is 2. The zero-order valence-corrected chi connectivity index (χ0v) is 19.4. The summed E-state index contributed by atoms with van der Waals surface area (Å²) in [6.45, 7) is 1.82. The van der Waals surface area contributed by atoms with Gasteiger partial charge in [0.05, 0.1) is 25.2 Å². The van der Waals surface area contributed by atoms with Crippen LogP contribution in [-0.2, 0) is 32.2 Å². The summed E-state index contributed by atoms with van der Waals surface area (Å²) >= 11 is 1.47. The highest BCUT2D eigenvalue weighted by Crippen LogP contribution is 2.33. The number of hydrogen-bond acceptors (Lipinski definition) is 9. The SMILES string of the molecule is CNC(=O)C1(c2cccc(Nc3ncc(C)s3)n2)CN(S(=O)(=O)c2cn(C)cn2)CCO1. The van der Waals surface area contributed by atoms with Crippen molar-refractivity contribution in [2.75, 3.05) is 32.1 Å². The second-order valence-electron chi connectivity index (χ2n) is 7.28. The number of anilines is 2. The molecule has 4 rings (SSSR count). The summed E-state index contributed by atoms with van der Waals surface area (Å²) in [6, 6.07) is 5.11. The number of pyridine rings is 1. The maximum absolute atomic E-state index is 13.2. The van der Waals surface area contributed by atoms with Crippen LogP contribution in [0.3, 0.4) is 0 Å². The van der Waals surface area contributed by atoms with Crippen LogP contribution in [0.5, 0.6) is 0 Å². The number of nitrogens with zero attached hydrogens (tertiary/aromatic N) is 5. The average molecular weight is 478 g/mol. The van der Waals surface area contributed by atoms with Gasteiger partial charge in [-0.2, -0.15) is 4.31 Å². The molecule has 1 aliphatic heterocycles. The molecule has 1 saturated heterocycles. The van der Waals surface area contributed by atoms with E-state index in [0.29, 0.717) is 10.9 Å². The van der Waals surface area contributed by atoms with Gasteiger partial charge in [-0.25, -0.2) is 23.4 Å². The smallest absolute Gasteiger partial charge is 0.262 e. The molecule has 3 aromatic rings. The largest absolute Gasteiger partial charge is 0.356 e. The molecule has 1 amide bonds. The zero-order valence-electron chi connectivity index (χ0n) is 17.8. The van der Waals surface area contributed by atoms with Crippen molar-refractivity contribution in [3.63, 3.8) is 0 Å². The van der Waals surface area contributed by atoms with Gasteiger partial charge in [-0.05, 0) is 19.1 Å². The fourth-order valence-corrected chi connectivity index (χ4v) is 5.50. The van der Waals surface area contributed by atoms with Gasteiger partial charge in [0, 0.05) is 37.9 Å². The van der Waals surface area contributed by atoms with Crippen molar-refractivity contribution in [2.45, 2.75) is 17.6 Å². The minimum atomic E-state index is -3.93. The molecule has 0 saturated carbocycles. The molecule has 2 N–H and O–H groups in total. The molecule has 1 atom stereocenters. The first kappa shape index (κ1) is 22.3. The number of likely N-dealkylation sites (N-methyl/N-ethyl adjacent to an activating group) is 1. The molecule has 13 heteroatoms. The first-order valence-electron chi connectivity index (χ1n) is 9.76. The van der Waals surface area contributed by atoms with Crippen molar-refractivity contribution in [2.24, 2.45) is 7.05 Å². The van der Waals surface area contributed by atoms with Gasteiger partial charge < -0.3 is 19.9 Å². The molecule has 1 fully saturated rings. The lowest BCUT2D eigenvalue weighted by atomic mass is 9.96. The molecule has 32 heavy (non-hydrogen) atoms. The van der Waals surface area contributed by atoms with Gasteiger partial charge in [0.1, 0.15) is 5.82 Å². The predicted octanol–water partition coefficient (Wildman–Crippen LogP) is 0.986. The Balaban J connectivity index is 1.70. The summed E-state index contributed by atoms with van der Waals surface area (Å²) in [5.41, 5.74) is -1.33. The lowest BCUT2D eigenvalue weighted by Gasteiger charge is -2.39. The van der Waals surface area contributed by atoms with Crippen molar-refractivity contribution >= 4 is 38.2 Å². The van der Waals surface area contributed by atoms with Crippen molar-refractivity contribution in [3.05, 3.63) is 47.5 Å². The van der Waals surface area contributed by atoms with E-state index in [9.17, 15) is 13.2 Å². The van der Waals surface area contributed by atoms with E-state index >= 15 is 0 Å². The normalized spacial score (nSPS) is 19.6. The monoisotopic (exact) mass is 477 g/mol. The third-order valence-electron chi connectivity index (χ3n) is 4.99. The van der Waals surface area contributed by atoms with E-state index in [2.05, 4.69) is 25.6 Å². The Morgan fingerprint density at radius 2 is 2.12 bits per heavy atom. The minimum Gasteiger partial charge on any atom is -0.356 e. The number of morpholine rings is 1. The quantitative estimate of drug-likeness (QED) is 0.537. The number of nitrogens with one attached hydrogen (secondary N) is 2. The highest BCUT2D eigenvalue weighted by atomic mass is 32.2. The summed E-state index contributed by atoms with van der Waals surface area (Å²) in [7, 11) is -0.769. The van der Waals surface area contributed by atoms with Gasteiger partial charge in [-0.3, -0.25) is 4.79 Å². The van der Waals surface area contributed by atoms with E-state index in [4.69, 9.17) is 4.74 Å². The van der Waals surface area contributed by atoms with Crippen molar-refractivity contribution in [1.29, 1.82) is 0 Å². The molecule has 11 nitrogen and oxygen atoms in total. The van der Waals surface area contributed by atoms with Gasteiger partial charge >= 0.3 is 0 Å². The fourth-order valence-electron chi connectivity index (χ4n) is 3.42. The van der Waals surface area contributed by atoms with Gasteiger partial charge in [0.25, 0.3) is 15.9 Å². The van der Waals surface area contributed by atoms with Crippen LogP contribution < -0.4 is 10.6 Å². The fraction of sp³-hybridized carbons (Fsp3) is 0.368. The van der Waals surface area contributed by atoms with E-state index in [-0.39, 0.29) is 30.4 Å². The maximum atomic E-state index is 13.2. The van der Waals surface area contributed by atoms with E-state index in [0.717, 1.165) is 4.88 Å². The topological polar surface area (TPSA) is 131 Å². The van der Waals surface area contributed by atoms with Crippen molar-refractivity contribution < 1.29 is 17.9 Å². The van der Waals surface area contributed by atoms with Crippen LogP contribution in [0.1, 0.15) is 10.6 Å². The maximum Gasteiger partial charge on any atom is 0.262 e. The second-order valence-corrected chi connectivity index (χ2v) is 10.4. The van der Waals surface area contributed by atoms with E-state index in [1.807, 2.05) is 6.92 Å².